The van der Waals surface area contributed by atoms with Crippen LogP contribution in [0, 0.1) is 0 Å². The van der Waals surface area contributed by atoms with Crippen molar-refractivity contribution in [3.63, 3.8) is 0 Å². The molecule has 0 aliphatic heterocycles. The van der Waals surface area contributed by atoms with Crippen molar-refractivity contribution in [1.29, 1.82) is 0 Å². The number of pyridine rings is 1. The van der Waals surface area contributed by atoms with Crippen molar-refractivity contribution in [2.75, 3.05) is 5.73 Å². The molecular formula is C14H18N2S. The third kappa shape index (κ3) is 3.56. The van der Waals surface area contributed by atoms with Crippen molar-refractivity contribution in [2.24, 2.45) is 0 Å². The number of aromatic nitrogens is 1. The third-order valence-corrected chi connectivity index (χ3v) is 3.79. The van der Waals surface area contributed by atoms with Gasteiger partial charge in [0.15, 0.2) is 0 Å². The fourth-order valence-electron chi connectivity index (χ4n) is 1.78. The zero-order valence-corrected chi connectivity index (χ0v) is 11.0. The highest BCUT2D eigenvalue weighted by atomic mass is 32.1. The molecule has 2 rings (SSSR count). The van der Waals surface area contributed by atoms with Gasteiger partial charge in [-0.05, 0) is 47.9 Å². The van der Waals surface area contributed by atoms with Crippen molar-refractivity contribution >= 4 is 17.2 Å². The Morgan fingerprint density at radius 2 is 2.18 bits per heavy atom. The number of rotatable bonds is 5. The van der Waals surface area contributed by atoms with Gasteiger partial charge in [0.2, 0.25) is 0 Å². The van der Waals surface area contributed by atoms with Gasteiger partial charge < -0.3 is 5.73 Å². The van der Waals surface area contributed by atoms with Gasteiger partial charge in [-0.2, -0.15) is 0 Å². The molecular weight excluding hydrogens is 228 g/mol. The molecule has 0 saturated carbocycles. The van der Waals surface area contributed by atoms with Crippen molar-refractivity contribution in [2.45, 2.75) is 32.6 Å². The first-order valence-electron chi connectivity index (χ1n) is 6.04. The molecule has 2 heterocycles. The van der Waals surface area contributed by atoms with E-state index in [9.17, 15) is 0 Å². The molecule has 2 aromatic heterocycles. The monoisotopic (exact) mass is 246 g/mol. The largest absolute Gasteiger partial charge is 0.384 e. The summed E-state index contributed by atoms with van der Waals surface area (Å²) in [6, 6.07) is 6.22. The number of nitrogens with two attached hydrogens (primary N) is 1. The molecule has 0 aromatic carbocycles. The molecule has 0 spiro atoms. The minimum atomic E-state index is 0.586. The van der Waals surface area contributed by atoms with Crippen LogP contribution in [0.3, 0.4) is 0 Å². The average Bonchev–Trinajstić information content (AvgIpc) is 2.77. The number of aryl methyl sites for hydroxylation is 1. The lowest BCUT2D eigenvalue weighted by Crippen LogP contribution is -1.92. The van der Waals surface area contributed by atoms with E-state index in [1.54, 1.807) is 0 Å². The summed E-state index contributed by atoms with van der Waals surface area (Å²) in [6.07, 6.45) is 6.56. The van der Waals surface area contributed by atoms with Crippen molar-refractivity contribution in [3.05, 3.63) is 45.8 Å². The van der Waals surface area contributed by atoms with Crippen LogP contribution in [-0.2, 0) is 12.8 Å². The van der Waals surface area contributed by atoms with Gasteiger partial charge in [-0.15, -0.1) is 11.3 Å². The van der Waals surface area contributed by atoms with E-state index in [0.717, 1.165) is 6.42 Å². The number of hydrogen-bond donors (Lipinski definition) is 1. The Bertz CT molecular complexity index is 459. The predicted molar refractivity (Wildman–Crippen MR) is 74.4 cm³/mol. The van der Waals surface area contributed by atoms with Crippen LogP contribution < -0.4 is 5.73 Å². The van der Waals surface area contributed by atoms with E-state index in [1.807, 2.05) is 29.7 Å². The molecule has 0 fully saturated rings. The van der Waals surface area contributed by atoms with Crippen LogP contribution in [0.15, 0.2) is 29.8 Å². The minimum absolute atomic E-state index is 0.586. The molecule has 0 saturated heterocycles. The Labute approximate surface area is 107 Å². The van der Waals surface area contributed by atoms with Crippen LogP contribution in [0.4, 0.5) is 5.82 Å². The lowest BCUT2D eigenvalue weighted by atomic mass is 10.1. The summed E-state index contributed by atoms with van der Waals surface area (Å²) in [5.41, 5.74) is 8.17. The fourth-order valence-corrected chi connectivity index (χ4v) is 2.71. The second kappa shape index (κ2) is 5.82. The Kier molecular flexibility index (Phi) is 4.15. The van der Waals surface area contributed by atoms with E-state index >= 15 is 0 Å². The van der Waals surface area contributed by atoms with E-state index in [1.165, 1.54) is 35.3 Å². The second-order valence-corrected chi connectivity index (χ2v) is 5.29. The molecule has 0 radical (unpaired) electrons. The van der Waals surface area contributed by atoms with Crippen LogP contribution in [0.1, 0.15) is 35.8 Å². The Hall–Kier alpha value is -1.35. The molecule has 0 bridgehead atoms. The van der Waals surface area contributed by atoms with E-state index < -0.39 is 0 Å². The number of nitrogen functional groups attached to an aromatic ring is 1. The van der Waals surface area contributed by atoms with E-state index in [-0.39, 0.29) is 0 Å². The minimum Gasteiger partial charge on any atom is -0.384 e. The number of thiophene rings is 1. The highest BCUT2D eigenvalue weighted by Gasteiger charge is 2.01. The highest BCUT2D eigenvalue weighted by Crippen LogP contribution is 2.19. The van der Waals surface area contributed by atoms with Gasteiger partial charge in [0.25, 0.3) is 0 Å². The maximum absolute atomic E-state index is 5.57. The van der Waals surface area contributed by atoms with Crippen LogP contribution in [0.2, 0.25) is 0 Å². The van der Waals surface area contributed by atoms with Crippen molar-refractivity contribution < 1.29 is 0 Å². The summed E-state index contributed by atoms with van der Waals surface area (Å²) in [7, 11) is 0. The summed E-state index contributed by atoms with van der Waals surface area (Å²) in [6.45, 7) is 2.23. The highest BCUT2D eigenvalue weighted by molar-refractivity contribution is 7.10. The topological polar surface area (TPSA) is 38.9 Å². The molecule has 3 heteroatoms. The number of nitrogens with zero attached hydrogens (tertiary/aromatic N) is 1. The van der Waals surface area contributed by atoms with Gasteiger partial charge in [0.05, 0.1) is 0 Å². The number of hydrogen-bond acceptors (Lipinski definition) is 3. The predicted octanol–water partition coefficient (Wildman–Crippen LogP) is 3.66. The molecule has 17 heavy (non-hydrogen) atoms. The smallest absolute Gasteiger partial charge is 0.123 e. The SMILES string of the molecule is CCCCc1cc(Cc2ccc(N)nc2)cs1. The Balaban J connectivity index is 1.98. The third-order valence-electron chi connectivity index (χ3n) is 2.74. The van der Waals surface area contributed by atoms with Gasteiger partial charge in [-0.1, -0.05) is 19.4 Å². The second-order valence-electron chi connectivity index (χ2n) is 4.29. The first-order valence-corrected chi connectivity index (χ1v) is 6.92. The van der Waals surface area contributed by atoms with Crippen LogP contribution in [0.5, 0.6) is 0 Å². The molecule has 0 unspecified atom stereocenters. The van der Waals surface area contributed by atoms with Gasteiger partial charge in [0, 0.05) is 11.1 Å². The van der Waals surface area contributed by atoms with Gasteiger partial charge >= 0.3 is 0 Å². The Morgan fingerprint density at radius 3 is 2.88 bits per heavy atom. The fraction of sp³-hybridized carbons (Fsp3) is 0.357. The maximum Gasteiger partial charge on any atom is 0.123 e. The van der Waals surface area contributed by atoms with Gasteiger partial charge in [-0.3, -0.25) is 0 Å². The van der Waals surface area contributed by atoms with Gasteiger partial charge in [-0.25, -0.2) is 4.98 Å². The molecule has 0 atom stereocenters. The number of unbranched alkanes of at least 4 members (excludes halogenated alkanes) is 1. The summed E-state index contributed by atoms with van der Waals surface area (Å²) >= 11 is 1.87. The summed E-state index contributed by atoms with van der Waals surface area (Å²) in [4.78, 5) is 5.60. The summed E-state index contributed by atoms with van der Waals surface area (Å²) in [5, 5.41) is 2.25. The maximum atomic E-state index is 5.57. The lowest BCUT2D eigenvalue weighted by Gasteiger charge is -1.98. The van der Waals surface area contributed by atoms with Crippen molar-refractivity contribution in [3.8, 4) is 0 Å². The molecule has 2 nitrogen and oxygen atoms in total. The van der Waals surface area contributed by atoms with E-state index in [2.05, 4.69) is 23.4 Å². The van der Waals surface area contributed by atoms with E-state index in [4.69, 9.17) is 5.73 Å². The molecule has 2 N–H and O–H groups in total. The zero-order valence-electron chi connectivity index (χ0n) is 10.1. The Morgan fingerprint density at radius 1 is 1.29 bits per heavy atom. The average molecular weight is 246 g/mol. The first-order chi connectivity index (χ1) is 8.28. The standard InChI is InChI=1S/C14H18N2S/c1-2-3-4-13-8-12(10-17-13)7-11-5-6-14(15)16-9-11/h5-6,8-10H,2-4,7H2,1H3,(H2,15,16). The summed E-state index contributed by atoms with van der Waals surface area (Å²) < 4.78 is 0. The lowest BCUT2D eigenvalue weighted by molar-refractivity contribution is 0.803. The number of anilines is 1. The summed E-state index contributed by atoms with van der Waals surface area (Å²) in [5.74, 6) is 0.586. The molecule has 2 aromatic rings. The quantitative estimate of drug-likeness (QED) is 0.874. The van der Waals surface area contributed by atoms with Crippen LogP contribution in [-0.4, -0.2) is 4.98 Å². The molecule has 0 aliphatic carbocycles. The van der Waals surface area contributed by atoms with Crippen molar-refractivity contribution in [1.82, 2.24) is 4.98 Å². The van der Waals surface area contributed by atoms with Gasteiger partial charge in [0.1, 0.15) is 5.82 Å². The van der Waals surface area contributed by atoms with E-state index in [0.29, 0.717) is 5.82 Å². The normalized spacial score (nSPS) is 10.6. The van der Waals surface area contributed by atoms with Crippen LogP contribution >= 0.6 is 11.3 Å². The first kappa shape index (κ1) is 12.1. The zero-order chi connectivity index (χ0) is 12.1. The molecule has 0 amide bonds. The van der Waals surface area contributed by atoms with Crippen LogP contribution in [0.25, 0.3) is 0 Å². The molecule has 90 valence electrons. The molecule has 0 aliphatic rings.